The van der Waals surface area contributed by atoms with Gasteiger partial charge in [0.1, 0.15) is 11.9 Å². The van der Waals surface area contributed by atoms with Gasteiger partial charge >= 0.3 is 0 Å². The van der Waals surface area contributed by atoms with Crippen LogP contribution in [0.15, 0.2) is 12.1 Å². The highest BCUT2D eigenvalue weighted by atomic mass is 15.0. The Hall–Kier alpha value is -1.76. The standard InChI is InChI=1S/C15H22N4/c1-2-11-3-5-12(6-4-11)10-18-15-8-7-13(17)14(9-16)19-15/h7-8,11-12H,2-6,10,17H2,1H3,(H,18,19). The Morgan fingerprint density at radius 2 is 2.00 bits per heavy atom. The van der Waals surface area contributed by atoms with E-state index in [9.17, 15) is 0 Å². The van der Waals surface area contributed by atoms with E-state index in [4.69, 9.17) is 11.0 Å². The first-order chi connectivity index (χ1) is 9.22. The molecule has 1 aromatic rings. The topological polar surface area (TPSA) is 74.7 Å². The third-order valence-corrected chi connectivity index (χ3v) is 4.15. The second kappa shape index (κ2) is 6.42. The first-order valence-electron chi connectivity index (χ1n) is 7.13. The van der Waals surface area contributed by atoms with Gasteiger partial charge in [0, 0.05) is 6.54 Å². The molecular formula is C15H22N4. The zero-order chi connectivity index (χ0) is 13.7. The largest absolute Gasteiger partial charge is 0.396 e. The van der Waals surface area contributed by atoms with Crippen molar-refractivity contribution in [1.29, 1.82) is 5.26 Å². The van der Waals surface area contributed by atoms with Crippen LogP contribution in [0.4, 0.5) is 11.5 Å². The molecule has 0 atom stereocenters. The Bertz CT molecular complexity index is 456. The maximum Gasteiger partial charge on any atom is 0.165 e. The Kier molecular flexibility index (Phi) is 4.62. The lowest BCUT2D eigenvalue weighted by atomic mass is 9.81. The van der Waals surface area contributed by atoms with E-state index in [0.29, 0.717) is 11.4 Å². The van der Waals surface area contributed by atoms with Crippen LogP contribution in [-0.2, 0) is 0 Å². The van der Waals surface area contributed by atoms with Crippen LogP contribution in [-0.4, -0.2) is 11.5 Å². The highest BCUT2D eigenvalue weighted by Gasteiger charge is 2.19. The number of nitrogen functional groups attached to an aromatic ring is 1. The minimum absolute atomic E-state index is 0.305. The summed E-state index contributed by atoms with van der Waals surface area (Å²) in [5.41, 5.74) is 6.40. The number of nitrogens with one attached hydrogen (secondary N) is 1. The number of hydrogen-bond acceptors (Lipinski definition) is 4. The summed E-state index contributed by atoms with van der Waals surface area (Å²) in [4.78, 5) is 4.21. The minimum atomic E-state index is 0.305. The molecular weight excluding hydrogens is 236 g/mol. The van der Waals surface area contributed by atoms with Gasteiger partial charge in [-0.2, -0.15) is 5.26 Å². The van der Waals surface area contributed by atoms with Crippen molar-refractivity contribution in [2.45, 2.75) is 39.0 Å². The van der Waals surface area contributed by atoms with Gasteiger partial charge in [-0.1, -0.05) is 26.2 Å². The van der Waals surface area contributed by atoms with Gasteiger partial charge in [-0.15, -0.1) is 0 Å². The van der Waals surface area contributed by atoms with Crippen LogP contribution >= 0.6 is 0 Å². The molecule has 4 heteroatoms. The van der Waals surface area contributed by atoms with Crippen molar-refractivity contribution in [2.24, 2.45) is 11.8 Å². The van der Waals surface area contributed by atoms with E-state index in [0.717, 1.165) is 24.2 Å². The smallest absolute Gasteiger partial charge is 0.165 e. The highest BCUT2D eigenvalue weighted by Crippen LogP contribution is 2.30. The molecule has 4 nitrogen and oxygen atoms in total. The predicted molar refractivity (Wildman–Crippen MR) is 77.6 cm³/mol. The van der Waals surface area contributed by atoms with E-state index >= 15 is 0 Å². The molecule has 0 radical (unpaired) electrons. The summed E-state index contributed by atoms with van der Waals surface area (Å²) in [6.45, 7) is 3.23. The van der Waals surface area contributed by atoms with Crippen molar-refractivity contribution < 1.29 is 0 Å². The van der Waals surface area contributed by atoms with Crippen LogP contribution < -0.4 is 11.1 Å². The summed E-state index contributed by atoms with van der Waals surface area (Å²) < 4.78 is 0. The second-order valence-electron chi connectivity index (χ2n) is 5.42. The summed E-state index contributed by atoms with van der Waals surface area (Å²) in [5.74, 6) is 2.41. The quantitative estimate of drug-likeness (QED) is 0.869. The van der Waals surface area contributed by atoms with Gasteiger partial charge in [0.05, 0.1) is 5.69 Å². The second-order valence-corrected chi connectivity index (χ2v) is 5.42. The van der Waals surface area contributed by atoms with Crippen molar-refractivity contribution in [3.8, 4) is 6.07 Å². The van der Waals surface area contributed by atoms with E-state index in [1.807, 2.05) is 12.1 Å². The average Bonchev–Trinajstić information content (AvgIpc) is 2.47. The monoisotopic (exact) mass is 258 g/mol. The molecule has 1 aliphatic rings. The maximum atomic E-state index is 8.90. The molecule has 1 saturated carbocycles. The minimum Gasteiger partial charge on any atom is -0.396 e. The lowest BCUT2D eigenvalue weighted by molar-refractivity contribution is 0.278. The molecule has 0 aliphatic heterocycles. The Balaban J connectivity index is 1.85. The average molecular weight is 258 g/mol. The van der Waals surface area contributed by atoms with Crippen LogP contribution in [0.3, 0.4) is 0 Å². The zero-order valence-electron chi connectivity index (χ0n) is 11.5. The molecule has 1 fully saturated rings. The molecule has 0 saturated heterocycles. The number of pyridine rings is 1. The molecule has 1 aromatic heterocycles. The van der Waals surface area contributed by atoms with Crippen LogP contribution in [0.25, 0.3) is 0 Å². The van der Waals surface area contributed by atoms with Gasteiger partial charge < -0.3 is 11.1 Å². The molecule has 0 amide bonds. The van der Waals surface area contributed by atoms with Crippen molar-refractivity contribution >= 4 is 11.5 Å². The van der Waals surface area contributed by atoms with Gasteiger partial charge in [0.15, 0.2) is 5.69 Å². The molecule has 1 heterocycles. The van der Waals surface area contributed by atoms with Gasteiger partial charge in [-0.3, -0.25) is 0 Å². The number of anilines is 2. The number of nitrogens with zero attached hydrogens (tertiary/aromatic N) is 2. The molecule has 2 rings (SSSR count). The zero-order valence-corrected chi connectivity index (χ0v) is 11.5. The third-order valence-electron chi connectivity index (χ3n) is 4.15. The first-order valence-corrected chi connectivity index (χ1v) is 7.13. The van der Waals surface area contributed by atoms with E-state index in [-0.39, 0.29) is 0 Å². The van der Waals surface area contributed by atoms with Crippen LogP contribution in [0, 0.1) is 23.2 Å². The van der Waals surface area contributed by atoms with Crippen molar-refractivity contribution in [3.05, 3.63) is 17.8 Å². The number of nitrogens with two attached hydrogens (primary N) is 1. The molecule has 0 aromatic carbocycles. The predicted octanol–water partition coefficient (Wildman–Crippen LogP) is 3.16. The molecule has 0 bridgehead atoms. The van der Waals surface area contributed by atoms with Gasteiger partial charge in [0.25, 0.3) is 0 Å². The van der Waals surface area contributed by atoms with Crippen molar-refractivity contribution in [1.82, 2.24) is 4.98 Å². The normalized spacial score (nSPS) is 22.7. The van der Waals surface area contributed by atoms with Gasteiger partial charge in [-0.05, 0) is 36.8 Å². The molecule has 0 spiro atoms. The Morgan fingerprint density at radius 1 is 1.32 bits per heavy atom. The molecule has 1 aliphatic carbocycles. The SMILES string of the molecule is CCC1CCC(CNc2ccc(N)c(C#N)n2)CC1. The molecule has 19 heavy (non-hydrogen) atoms. The summed E-state index contributed by atoms with van der Waals surface area (Å²) in [5, 5.41) is 12.2. The van der Waals surface area contributed by atoms with Gasteiger partial charge in [-0.25, -0.2) is 4.98 Å². The highest BCUT2D eigenvalue weighted by molar-refractivity contribution is 5.54. The number of nitriles is 1. The van der Waals surface area contributed by atoms with Gasteiger partial charge in [0.2, 0.25) is 0 Å². The van der Waals surface area contributed by atoms with Crippen LogP contribution in [0.1, 0.15) is 44.7 Å². The summed E-state index contributed by atoms with van der Waals surface area (Å²) in [6, 6.07) is 5.59. The fourth-order valence-corrected chi connectivity index (χ4v) is 2.75. The lowest BCUT2D eigenvalue weighted by Crippen LogP contribution is -2.21. The lowest BCUT2D eigenvalue weighted by Gasteiger charge is -2.28. The van der Waals surface area contributed by atoms with Crippen molar-refractivity contribution in [2.75, 3.05) is 17.6 Å². The first kappa shape index (κ1) is 13.7. The summed E-state index contributed by atoms with van der Waals surface area (Å²) in [6.07, 6.45) is 6.60. The molecule has 3 N–H and O–H groups in total. The Labute approximate surface area is 115 Å². The van der Waals surface area contributed by atoms with E-state index in [2.05, 4.69) is 17.2 Å². The van der Waals surface area contributed by atoms with E-state index in [1.165, 1.54) is 32.1 Å². The van der Waals surface area contributed by atoms with Crippen LogP contribution in [0.2, 0.25) is 0 Å². The fraction of sp³-hybridized carbons (Fsp3) is 0.600. The van der Waals surface area contributed by atoms with E-state index < -0.39 is 0 Å². The number of hydrogen-bond donors (Lipinski definition) is 2. The molecule has 0 unspecified atom stereocenters. The van der Waals surface area contributed by atoms with Crippen molar-refractivity contribution in [3.63, 3.8) is 0 Å². The molecule has 102 valence electrons. The third kappa shape index (κ3) is 3.60. The van der Waals surface area contributed by atoms with Crippen LogP contribution in [0.5, 0.6) is 0 Å². The maximum absolute atomic E-state index is 8.90. The number of rotatable bonds is 4. The fourth-order valence-electron chi connectivity index (χ4n) is 2.75. The van der Waals surface area contributed by atoms with E-state index in [1.54, 1.807) is 6.07 Å². The Morgan fingerprint density at radius 3 is 2.63 bits per heavy atom. The summed E-state index contributed by atoms with van der Waals surface area (Å²) in [7, 11) is 0. The summed E-state index contributed by atoms with van der Waals surface area (Å²) >= 11 is 0. The number of aromatic nitrogens is 1.